The maximum absolute atomic E-state index is 11.1. The highest BCUT2D eigenvalue weighted by Gasteiger charge is 2.11. The van der Waals surface area contributed by atoms with Gasteiger partial charge in [-0.15, -0.1) is 0 Å². The van der Waals surface area contributed by atoms with Crippen LogP contribution in [0.4, 0.5) is 0 Å². The van der Waals surface area contributed by atoms with E-state index in [1.54, 1.807) is 6.26 Å². The van der Waals surface area contributed by atoms with Crippen molar-refractivity contribution in [3.05, 3.63) is 22.5 Å². The van der Waals surface area contributed by atoms with E-state index in [0.717, 1.165) is 18.5 Å². The molecule has 1 rings (SSSR count). The molecule has 0 aliphatic heterocycles. The molecule has 0 amide bonds. The number of unbranched alkanes of at least 4 members (excludes halogenated alkanes) is 12. The van der Waals surface area contributed by atoms with Crippen molar-refractivity contribution in [2.45, 2.75) is 116 Å². The van der Waals surface area contributed by atoms with Crippen LogP contribution < -0.4 is 5.76 Å². The van der Waals surface area contributed by atoms with Crippen molar-refractivity contribution in [3.63, 3.8) is 0 Å². The topological polar surface area (TPSA) is 46.0 Å². The molecule has 1 atom stereocenters. The normalized spacial score (nSPS) is 12.6. The van der Waals surface area contributed by atoms with Crippen LogP contribution in [0.5, 0.6) is 0 Å². The summed E-state index contributed by atoms with van der Waals surface area (Å²) in [4.78, 5) is 13.9. The third-order valence-corrected chi connectivity index (χ3v) is 5.13. The number of H-pyrrole nitrogens is 1. The first-order chi connectivity index (χ1) is 11.8. The molecule has 1 aromatic heterocycles. The fourth-order valence-electron chi connectivity index (χ4n) is 3.48. The van der Waals surface area contributed by atoms with Crippen molar-refractivity contribution in [2.24, 2.45) is 0 Å². The van der Waals surface area contributed by atoms with Crippen LogP contribution in [-0.2, 0) is 0 Å². The average molecular weight is 340 g/mol. The summed E-state index contributed by atoms with van der Waals surface area (Å²) in [6.07, 6.45) is 21.9. The number of oxazole rings is 1. The Labute approximate surface area is 150 Å². The van der Waals surface area contributed by atoms with E-state index in [4.69, 9.17) is 4.42 Å². The Morgan fingerprint density at radius 3 is 1.79 bits per heavy atom. The van der Waals surface area contributed by atoms with Gasteiger partial charge < -0.3 is 4.42 Å². The second kappa shape index (κ2) is 14.4. The minimum absolute atomic E-state index is 0. The van der Waals surface area contributed by atoms with Crippen LogP contribution in [-0.4, -0.2) is 4.98 Å². The molecule has 0 aliphatic carbocycles. The van der Waals surface area contributed by atoms with E-state index >= 15 is 0 Å². The molecule has 0 saturated carbocycles. The molecule has 0 aromatic carbocycles. The predicted molar refractivity (Wildman–Crippen MR) is 105 cm³/mol. The van der Waals surface area contributed by atoms with E-state index in [1.165, 1.54) is 83.5 Å². The Kier molecular flexibility index (Phi) is 12.6. The Balaban J connectivity index is 0.00000576. The van der Waals surface area contributed by atoms with Gasteiger partial charge in [0.2, 0.25) is 0 Å². The molecule has 3 heteroatoms. The number of hydrogen-bond acceptors (Lipinski definition) is 2. The van der Waals surface area contributed by atoms with Gasteiger partial charge in [0.1, 0.15) is 6.26 Å². The molecule has 1 unspecified atom stereocenters. The molecule has 0 fully saturated rings. The van der Waals surface area contributed by atoms with E-state index in [0.29, 0.717) is 5.92 Å². The van der Waals surface area contributed by atoms with Gasteiger partial charge in [-0.3, -0.25) is 4.98 Å². The Bertz CT molecular complexity index is 441. The lowest BCUT2D eigenvalue weighted by Gasteiger charge is -2.11. The lowest BCUT2D eigenvalue weighted by molar-refractivity contribution is 0.501. The van der Waals surface area contributed by atoms with Crippen LogP contribution in [0.1, 0.15) is 123 Å². The van der Waals surface area contributed by atoms with Crippen molar-refractivity contribution < 1.29 is 5.84 Å². The maximum Gasteiger partial charge on any atom is 0.416 e. The summed E-state index contributed by atoms with van der Waals surface area (Å²) >= 11 is 0. The van der Waals surface area contributed by atoms with Gasteiger partial charge >= 0.3 is 5.76 Å². The highest BCUT2D eigenvalue weighted by atomic mass is 16.4. The standard InChI is InChI=1S/C21H39NO2.H2/c1-3-5-6-7-8-9-10-11-12-13-14-15-16-17-19(4-2)20-18-24-21(23)22-20;/h18-19H,3-17H2,1-2H3,(H,22,23);1H. The Morgan fingerprint density at radius 2 is 1.38 bits per heavy atom. The number of nitrogens with one attached hydrogen (secondary N) is 1. The summed E-state index contributed by atoms with van der Waals surface area (Å²) in [6, 6.07) is 0. The first-order valence-electron chi connectivity index (χ1n) is 10.5. The van der Waals surface area contributed by atoms with Crippen LogP contribution in [0.2, 0.25) is 0 Å². The summed E-state index contributed by atoms with van der Waals surface area (Å²) in [7, 11) is 0. The van der Waals surface area contributed by atoms with Crippen LogP contribution in [0.15, 0.2) is 15.5 Å². The van der Waals surface area contributed by atoms with Gasteiger partial charge in [0, 0.05) is 7.34 Å². The lowest BCUT2D eigenvalue weighted by atomic mass is 9.95. The summed E-state index contributed by atoms with van der Waals surface area (Å²) in [6.45, 7) is 4.46. The molecule has 3 nitrogen and oxygen atoms in total. The third kappa shape index (κ3) is 10.00. The van der Waals surface area contributed by atoms with Crippen LogP contribution in [0, 0.1) is 0 Å². The summed E-state index contributed by atoms with van der Waals surface area (Å²) in [5, 5.41) is 0. The molecular weight excluding hydrogens is 298 g/mol. The van der Waals surface area contributed by atoms with Crippen molar-refractivity contribution >= 4 is 0 Å². The predicted octanol–water partition coefficient (Wildman–Crippen LogP) is 7.19. The first-order valence-corrected chi connectivity index (χ1v) is 10.5. The van der Waals surface area contributed by atoms with Gasteiger partial charge in [0.15, 0.2) is 0 Å². The first kappa shape index (κ1) is 21.1. The van der Waals surface area contributed by atoms with Gasteiger partial charge in [0.05, 0.1) is 5.69 Å². The third-order valence-electron chi connectivity index (χ3n) is 5.13. The molecule has 142 valence electrons. The number of aromatic amines is 1. The highest BCUT2D eigenvalue weighted by Crippen LogP contribution is 2.24. The second-order valence-corrected chi connectivity index (χ2v) is 7.24. The smallest absolute Gasteiger partial charge is 0.416 e. The Morgan fingerprint density at radius 1 is 0.875 bits per heavy atom. The van der Waals surface area contributed by atoms with E-state index in [2.05, 4.69) is 18.8 Å². The molecule has 1 aromatic rings. The minimum atomic E-state index is -0.325. The average Bonchev–Trinajstić information content (AvgIpc) is 3.01. The van der Waals surface area contributed by atoms with Gasteiger partial charge in [-0.1, -0.05) is 97.3 Å². The molecular formula is C21H41NO2. The highest BCUT2D eigenvalue weighted by molar-refractivity contribution is 5.00. The maximum atomic E-state index is 11.1. The quantitative estimate of drug-likeness (QED) is 0.324. The fraction of sp³-hybridized carbons (Fsp3) is 0.857. The number of rotatable bonds is 16. The van der Waals surface area contributed by atoms with E-state index < -0.39 is 0 Å². The van der Waals surface area contributed by atoms with E-state index in [9.17, 15) is 4.79 Å². The minimum Gasteiger partial charge on any atom is -0.416 e. The lowest BCUT2D eigenvalue weighted by Crippen LogP contribution is -2.02. The molecule has 0 saturated heterocycles. The molecule has 1 heterocycles. The largest absolute Gasteiger partial charge is 0.416 e. The Hall–Kier alpha value is -0.990. The second-order valence-electron chi connectivity index (χ2n) is 7.24. The van der Waals surface area contributed by atoms with Crippen molar-refractivity contribution in [1.29, 1.82) is 0 Å². The number of aromatic nitrogens is 1. The van der Waals surface area contributed by atoms with Crippen molar-refractivity contribution in [1.82, 2.24) is 4.98 Å². The van der Waals surface area contributed by atoms with E-state index in [1.807, 2.05) is 0 Å². The zero-order chi connectivity index (χ0) is 17.5. The van der Waals surface area contributed by atoms with Gasteiger partial charge in [-0.25, -0.2) is 4.79 Å². The summed E-state index contributed by atoms with van der Waals surface area (Å²) in [5.74, 6) is 0.123. The molecule has 0 radical (unpaired) electrons. The number of hydrogen-bond donors (Lipinski definition) is 1. The SMILES string of the molecule is CCCCCCCCCCCCCCCC(CC)c1coc(=O)[nH]1.[HH]. The molecule has 1 N–H and O–H groups in total. The van der Waals surface area contributed by atoms with Gasteiger partial charge in [0.25, 0.3) is 0 Å². The molecule has 0 bridgehead atoms. The monoisotopic (exact) mass is 339 g/mol. The van der Waals surface area contributed by atoms with Gasteiger partial charge in [-0.05, 0) is 12.8 Å². The van der Waals surface area contributed by atoms with Crippen LogP contribution >= 0.6 is 0 Å². The zero-order valence-electron chi connectivity index (χ0n) is 16.1. The fourth-order valence-corrected chi connectivity index (χ4v) is 3.48. The summed E-state index contributed by atoms with van der Waals surface area (Å²) in [5.41, 5.74) is 0.974. The van der Waals surface area contributed by atoms with E-state index in [-0.39, 0.29) is 7.18 Å². The van der Waals surface area contributed by atoms with Crippen molar-refractivity contribution in [2.75, 3.05) is 0 Å². The summed E-state index contributed by atoms with van der Waals surface area (Å²) < 4.78 is 4.86. The molecule has 0 spiro atoms. The zero-order valence-corrected chi connectivity index (χ0v) is 16.1. The van der Waals surface area contributed by atoms with Crippen molar-refractivity contribution in [3.8, 4) is 0 Å². The molecule has 0 aliphatic rings. The van der Waals surface area contributed by atoms with Gasteiger partial charge in [-0.2, -0.15) is 0 Å². The van der Waals surface area contributed by atoms with Crippen LogP contribution in [0.3, 0.4) is 0 Å². The van der Waals surface area contributed by atoms with Crippen LogP contribution in [0.25, 0.3) is 0 Å². The molecule has 24 heavy (non-hydrogen) atoms.